The quantitative estimate of drug-likeness (QED) is 0.749. The van der Waals surface area contributed by atoms with Crippen molar-refractivity contribution in [2.45, 2.75) is 0 Å². The number of halogens is 1. The van der Waals surface area contributed by atoms with Gasteiger partial charge in [-0.2, -0.15) is 4.98 Å². The van der Waals surface area contributed by atoms with E-state index in [1.165, 1.54) is 0 Å². The number of rotatable bonds is 3. The zero-order chi connectivity index (χ0) is 18.2. The Hall–Kier alpha value is -3.25. The van der Waals surface area contributed by atoms with Crippen molar-refractivity contribution in [3.63, 3.8) is 0 Å². The predicted molar refractivity (Wildman–Crippen MR) is 109 cm³/mol. The van der Waals surface area contributed by atoms with E-state index in [2.05, 4.69) is 26.3 Å². The molecule has 2 aliphatic rings. The molecule has 0 atom stereocenters. The number of nitrogens with zero attached hydrogens (tertiary/aromatic N) is 5. The molecule has 3 aromatic rings. The minimum absolute atomic E-state index is 0.530. The number of aromatic nitrogens is 3. The van der Waals surface area contributed by atoms with Gasteiger partial charge in [-0.1, -0.05) is 29.8 Å². The first-order valence-electron chi connectivity index (χ1n) is 8.63. The fourth-order valence-corrected chi connectivity index (χ4v) is 3.55. The summed E-state index contributed by atoms with van der Waals surface area (Å²) in [6.45, 7) is 1.51. The van der Waals surface area contributed by atoms with Gasteiger partial charge in [0, 0.05) is 40.7 Å². The summed E-state index contributed by atoms with van der Waals surface area (Å²) in [4.78, 5) is 20.1. The summed E-state index contributed by atoms with van der Waals surface area (Å²) >= 11 is 6.43. The van der Waals surface area contributed by atoms with Crippen LogP contribution in [0.3, 0.4) is 0 Å². The number of pyridine rings is 1. The zero-order valence-corrected chi connectivity index (χ0v) is 15.1. The van der Waals surface area contributed by atoms with Gasteiger partial charge < -0.3 is 10.2 Å². The molecule has 0 saturated heterocycles. The van der Waals surface area contributed by atoms with E-state index in [-0.39, 0.29) is 0 Å². The molecule has 0 spiro atoms. The molecule has 5 rings (SSSR count). The van der Waals surface area contributed by atoms with Gasteiger partial charge in [-0.3, -0.25) is 9.98 Å². The summed E-state index contributed by atoms with van der Waals surface area (Å²) in [7, 11) is 0. The molecule has 27 heavy (non-hydrogen) atoms. The first-order valence-corrected chi connectivity index (χ1v) is 9.00. The number of amidine groups is 1. The lowest BCUT2D eigenvalue weighted by molar-refractivity contribution is 0.987. The number of aliphatic imine (C=N–C) groups is 1. The molecular weight excluding hydrogens is 360 g/mol. The van der Waals surface area contributed by atoms with Crippen molar-refractivity contribution in [1.82, 2.24) is 15.0 Å². The maximum atomic E-state index is 6.43. The summed E-state index contributed by atoms with van der Waals surface area (Å²) in [5.41, 5.74) is 3.76. The Morgan fingerprint density at radius 3 is 2.85 bits per heavy atom. The summed E-state index contributed by atoms with van der Waals surface area (Å²) in [6.07, 6.45) is 7.35. The monoisotopic (exact) mass is 374 g/mol. The first kappa shape index (κ1) is 16.0. The summed E-state index contributed by atoms with van der Waals surface area (Å²) < 4.78 is 0. The molecule has 4 heterocycles. The highest BCUT2D eigenvalue weighted by Crippen LogP contribution is 2.37. The van der Waals surface area contributed by atoms with Gasteiger partial charge in [0.1, 0.15) is 11.7 Å². The van der Waals surface area contributed by atoms with Crippen molar-refractivity contribution in [2.24, 2.45) is 4.99 Å². The smallest absolute Gasteiger partial charge is 0.229 e. The lowest BCUT2D eigenvalue weighted by Crippen LogP contribution is -2.32. The molecule has 7 heteroatoms. The Morgan fingerprint density at radius 2 is 2.00 bits per heavy atom. The molecule has 1 aromatic carbocycles. The number of hydrogen-bond donors (Lipinski definition) is 1. The van der Waals surface area contributed by atoms with Crippen LogP contribution in [-0.4, -0.2) is 33.9 Å². The van der Waals surface area contributed by atoms with E-state index in [9.17, 15) is 0 Å². The van der Waals surface area contributed by atoms with Gasteiger partial charge in [-0.25, -0.2) is 4.98 Å². The third-order valence-electron chi connectivity index (χ3n) is 4.51. The number of anilines is 3. The normalized spacial score (nSPS) is 14.9. The van der Waals surface area contributed by atoms with Crippen LogP contribution in [0.25, 0.3) is 11.6 Å². The van der Waals surface area contributed by atoms with Crippen LogP contribution in [0, 0.1) is 0 Å². The molecule has 2 aromatic heterocycles. The van der Waals surface area contributed by atoms with Gasteiger partial charge in [-0.05, 0) is 24.3 Å². The van der Waals surface area contributed by atoms with Crippen LogP contribution in [0.4, 0.5) is 17.5 Å². The van der Waals surface area contributed by atoms with Crippen LogP contribution in [0.15, 0.2) is 60.0 Å². The Kier molecular flexibility index (Phi) is 3.83. The first-order chi connectivity index (χ1) is 13.3. The van der Waals surface area contributed by atoms with Crippen molar-refractivity contribution >= 4 is 46.5 Å². The SMILES string of the molecule is Clc1ccccc1C1=Cc2cnc(Nc3cccnc3)nc2N2CCN=C12. The molecule has 0 fully saturated rings. The van der Waals surface area contributed by atoms with E-state index in [1.54, 1.807) is 12.4 Å². The average Bonchev–Trinajstić information content (AvgIpc) is 3.19. The fraction of sp³-hybridized carbons (Fsp3) is 0.100. The Balaban J connectivity index is 1.58. The van der Waals surface area contributed by atoms with Crippen LogP contribution in [0.2, 0.25) is 5.02 Å². The van der Waals surface area contributed by atoms with Gasteiger partial charge in [-0.15, -0.1) is 0 Å². The van der Waals surface area contributed by atoms with E-state index < -0.39 is 0 Å². The van der Waals surface area contributed by atoms with Crippen LogP contribution in [0.1, 0.15) is 11.1 Å². The Bertz CT molecular complexity index is 1080. The second-order valence-corrected chi connectivity index (χ2v) is 6.64. The van der Waals surface area contributed by atoms with Crippen molar-refractivity contribution in [3.05, 3.63) is 71.1 Å². The minimum Gasteiger partial charge on any atom is -0.323 e. The van der Waals surface area contributed by atoms with E-state index in [1.807, 2.05) is 42.6 Å². The number of fused-ring (bicyclic) bond motifs is 3. The second-order valence-electron chi connectivity index (χ2n) is 6.23. The van der Waals surface area contributed by atoms with Gasteiger partial charge in [0.05, 0.1) is 18.4 Å². The van der Waals surface area contributed by atoms with Gasteiger partial charge in [0.2, 0.25) is 5.95 Å². The number of hydrogen-bond acceptors (Lipinski definition) is 6. The van der Waals surface area contributed by atoms with E-state index in [4.69, 9.17) is 21.6 Å². The van der Waals surface area contributed by atoms with Gasteiger partial charge in [0.15, 0.2) is 0 Å². The van der Waals surface area contributed by atoms with Gasteiger partial charge >= 0.3 is 0 Å². The number of nitrogens with one attached hydrogen (secondary N) is 1. The van der Waals surface area contributed by atoms with Crippen LogP contribution < -0.4 is 10.2 Å². The van der Waals surface area contributed by atoms with E-state index in [0.29, 0.717) is 11.0 Å². The Labute approximate surface area is 161 Å². The molecule has 2 aliphatic heterocycles. The molecule has 132 valence electrons. The third kappa shape index (κ3) is 2.84. The summed E-state index contributed by atoms with van der Waals surface area (Å²) in [5, 5.41) is 3.90. The summed E-state index contributed by atoms with van der Waals surface area (Å²) in [6, 6.07) is 11.6. The molecule has 0 amide bonds. The molecule has 0 bridgehead atoms. The topological polar surface area (TPSA) is 66.3 Å². The standard InChI is InChI=1S/C20H15ClN6/c21-17-6-2-1-5-15(17)16-10-13-11-24-20(25-14-4-3-7-22-12-14)26-18(13)27-9-8-23-19(16)27/h1-7,10-12H,8-9H2,(H,24,25,26). The van der Waals surface area contributed by atoms with Crippen LogP contribution in [-0.2, 0) is 0 Å². The Morgan fingerprint density at radius 1 is 1.07 bits per heavy atom. The highest BCUT2D eigenvalue weighted by atomic mass is 35.5. The fourth-order valence-electron chi connectivity index (χ4n) is 3.31. The lowest BCUT2D eigenvalue weighted by Gasteiger charge is -2.27. The van der Waals surface area contributed by atoms with E-state index >= 15 is 0 Å². The molecule has 0 aliphatic carbocycles. The predicted octanol–water partition coefficient (Wildman–Crippen LogP) is 4.04. The molecule has 6 nitrogen and oxygen atoms in total. The highest BCUT2D eigenvalue weighted by molar-refractivity contribution is 6.40. The molecule has 1 N–H and O–H groups in total. The lowest BCUT2D eigenvalue weighted by atomic mass is 9.98. The molecular formula is C20H15ClN6. The van der Waals surface area contributed by atoms with Crippen molar-refractivity contribution in [1.29, 1.82) is 0 Å². The zero-order valence-electron chi connectivity index (χ0n) is 14.3. The maximum Gasteiger partial charge on any atom is 0.229 e. The maximum absolute atomic E-state index is 6.43. The van der Waals surface area contributed by atoms with Crippen molar-refractivity contribution < 1.29 is 0 Å². The second kappa shape index (κ2) is 6.48. The number of benzene rings is 1. The molecule has 0 saturated carbocycles. The average molecular weight is 375 g/mol. The minimum atomic E-state index is 0.530. The third-order valence-corrected chi connectivity index (χ3v) is 4.84. The largest absolute Gasteiger partial charge is 0.323 e. The van der Waals surface area contributed by atoms with Gasteiger partial charge in [0.25, 0.3) is 0 Å². The van der Waals surface area contributed by atoms with Crippen molar-refractivity contribution in [2.75, 3.05) is 23.3 Å². The molecule has 0 unspecified atom stereocenters. The highest BCUT2D eigenvalue weighted by Gasteiger charge is 2.31. The van der Waals surface area contributed by atoms with Crippen LogP contribution in [0.5, 0.6) is 0 Å². The van der Waals surface area contributed by atoms with Crippen LogP contribution >= 0.6 is 11.6 Å². The molecule has 0 radical (unpaired) electrons. The van der Waals surface area contributed by atoms with Crippen molar-refractivity contribution in [3.8, 4) is 0 Å². The summed E-state index contributed by atoms with van der Waals surface area (Å²) in [5.74, 6) is 2.28. The van der Waals surface area contributed by atoms with E-state index in [0.717, 1.165) is 47.1 Å².